The molecule has 0 radical (unpaired) electrons. The summed E-state index contributed by atoms with van der Waals surface area (Å²) in [5.41, 5.74) is 1.23. The Morgan fingerprint density at radius 2 is 1.94 bits per heavy atom. The van der Waals surface area contributed by atoms with E-state index in [1.807, 2.05) is 24.5 Å². The maximum Gasteiger partial charge on any atom is 0.175 e. The summed E-state index contributed by atoms with van der Waals surface area (Å²) >= 11 is 5.01. The predicted octanol–water partition coefficient (Wildman–Crippen LogP) is 4.07. The predicted molar refractivity (Wildman–Crippen MR) is 77.9 cm³/mol. The Morgan fingerprint density at radius 1 is 1.18 bits per heavy atom. The molecular formula is C12H12N2S3. The van der Waals surface area contributed by atoms with Gasteiger partial charge in [-0.05, 0) is 11.8 Å². The first-order chi connectivity index (χ1) is 8.38. The highest BCUT2D eigenvalue weighted by Gasteiger charge is 2.01. The zero-order valence-corrected chi connectivity index (χ0v) is 11.8. The molecule has 1 aromatic carbocycles. The fourth-order valence-electron chi connectivity index (χ4n) is 1.21. The molecule has 0 spiro atoms. The molecule has 0 fully saturated rings. The second kappa shape index (κ2) is 6.83. The van der Waals surface area contributed by atoms with Crippen molar-refractivity contribution in [3.05, 3.63) is 42.0 Å². The van der Waals surface area contributed by atoms with E-state index >= 15 is 0 Å². The summed E-state index contributed by atoms with van der Waals surface area (Å²) in [6.07, 6.45) is 6.30. The van der Waals surface area contributed by atoms with Crippen LogP contribution in [0.1, 0.15) is 5.56 Å². The van der Waals surface area contributed by atoms with Crippen LogP contribution in [0.5, 0.6) is 0 Å². The number of nitrogens with zero attached hydrogens (tertiary/aromatic N) is 2. The Morgan fingerprint density at radius 3 is 2.65 bits per heavy atom. The van der Waals surface area contributed by atoms with Crippen molar-refractivity contribution in [3.63, 3.8) is 0 Å². The summed E-state index contributed by atoms with van der Waals surface area (Å²) in [6.45, 7) is 0. The van der Waals surface area contributed by atoms with Crippen molar-refractivity contribution >= 4 is 40.9 Å². The van der Waals surface area contributed by atoms with Crippen molar-refractivity contribution in [1.29, 1.82) is 0 Å². The Hall–Kier alpha value is -0.780. The van der Waals surface area contributed by atoms with E-state index in [0.29, 0.717) is 0 Å². The molecule has 17 heavy (non-hydrogen) atoms. The standard InChI is InChI=1S/C12H12N2S3/c1-15-11-13-14-12(17-11)16-9-5-8-10-6-3-2-4-7-10/h2-8H,9H2,1H3. The number of hydrogen-bond donors (Lipinski definition) is 0. The average Bonchev–Trinajstić information content (AvgIpc) is 2.84. The molecule has 2 nitrogen and oxygen atoms in total. The van der Waals surface area contributed by atoms with Gasteiger partial charge in [0.15, 0.2) is 8.68 Å². The normalized spacial score (nSPS) is 11.1. The van der Waals surface area contributed by atoms with Crippen LogP contribution in [0.2, 0.25) is 0 Å². The number of benzene rings is 1. The van der Waals surface area contributed by atoms with Gasteiger partial charge in [-0.15, -0.1) is 10.2 Å². The molecule has 5 heteroatoms. The second-order valence-electron chi connectivity index (χ2n) is 3.16. The van der Waals surface area contributed by atoms with E-state index in [2.05, 4.69) is 34.5 Å². The topological polar surface area (TPSA) is 25.8 Å². The van der Waals surface area contributed by atoms with Gasteiger partial charge in [-0.3, -0.25) is 0 Å². The van der Waals surface area contributed by atoms with E-state index < -0.39 is 0 Å². The number of thioether (sulfide) groups is 2. The van der Waals surface area contributed by atoms with Crippen molar-refractivity contribution in [1.82, 2.24) is 10.2 Å². The molecule has 0 N–H and O–H groups in total. The monoisotopic (exact) mass is 280 g/mol. The summed E-state index contributed by atoms with van der Waals surface area (Å²) in [4.78, 5) is 0. The molecule has 0 aliphatic heterocycles. The van der Waals surface area contributed by atoms with Crippen molar-refractivity contribution in [3.8, 4) is 0 Å². The second-order valence-corrected chi connectivity index (χ2v) is 6.46. The molecule has 2 aromatic rings. The molecule has 2 rings (SSSR count). The Labute approximate surface area is 114 Å². The third kappa shape index (κ3) is 4.18. The smallest absolute Gasteiger partial charge is 0.131 e. The largest absolute Gasteiger partial charge is 0.175 e. The molecule has 0 aliphatic carbocycles. The minimum atomic E-state index is 0.928. The molecule has 0 atom stereocenters. The fraction of sp³-hybridized carbons (Fsp3) is 0.167. The van der Waals surface area contributed by atoms with Crippen LogP contribution in [-0.4, -0.2) is 22.2 Å². The van der Waals surface area contributed by atoms with Gasteiger partial charge >= 0.3 is 0 Å². The first-order valence-corrected chi connectivity index (χ1v) is 8.13. The van der Waals surface area contributed by atoms with Crippen molar-refractivity contribution in [2.24, 2.45) is 0 Å². The van der Waals surface area contributed by atoms with E-state index in [1.165, 1.54) is 5.56 Å². The van der Waals surface area contributed by atoms with Crippen molar-refractivity contribution in [2.45, 2.75) is 8.68 Å². The van der Waals surface area contributed by atoms with E-state index in [1.54, 1.807) is 34.9 Å². The third-order valence-corrected chi connectivity index (χ3v) is 4.96. The van der Waals surface area contributed by atoms with Gasteiger partial charge in [0.05, 0.1) is 0 Å². The summed E-state index contributed by atoms with van der Waals surface area (Å²) in [6, 6.07) is 10.3. The lowest BCUT2D eigenvalue weighted by molar-refractivity contribution is 0.956. The van der Waals surface area contributed by atoms with Gasteiger partial charge in [0.1, 0.15) is 0 Å². The Balaban J connectivity index is 1.81. The molecule has 1 aromatic heterocycles. The lowest BCUT2D eigenvalue weighted by atomic mass is 10.2. The maximum absolute atomic E-state index is 4.11. The number of hydrogen-bond acceptors (Lipinski definition) is 5. The van der Waals surface area contributed by atoms with Gasteiger partial charge in [-0.25, -0.2) is 0 Å². The van der Waals surface area contributed by atoms with Crippen LogP contribution in [0.25, 0.3) is 6.08 Å². The molecule has 0 bridgehead atoms. The first kappa shape index (κ1) is 12.7. The van der Waals surface area contributed by atoms with Crippen molar-refractivity contribution in [2.75, 3.05) is 12.0 Å². The van der Waals surface area contributed by atoms with Gasteiger partial charge in [0.2, 0.25) is 0 Å². The zero-order chi connectivity index (χ0) is 11.9. The van der Waals surface area contributed by atoms with E-state index in [-0.39, 0.29) is 0 Å². The Kier molecular flexibility index (Phi) is 5.09. The van der Waals surface area contributed by atoms with Crippen molar-refractivity contribution < 1.29 is 0 Å². The van der Waals surface area contributed by atoms with Gasteiger partial charge < -0.3 is 0 Å². The highest BCUT2D eigenvalue weighted by Crippen LogP contribution is 2.27. The maximum atomic E-state index is 4.11. The van der Waals surface area contributed by atoms with Crippen LogP contribution in [0.3, 0.4) is 0 Å². The van der Waals surface area contributed by atoms with Crippen LogP contribution >= 0.6 is 34.9 Å². The van der Waals surface area contributed by atoms with Gasteiger partial charge in [-0.2, -0.15) is 0 Å². The van der Waals surface area contributed by atoms with Gasteiger partial charge in [0.25, 0.3) is 0 Å². The minimum Gasteiger partial charge on any atom is -0.131 e. The summed E-state index contributed by atoms with van der Waals surface area (Å²) < 4.78 is 2.06. The van der Waals surface area contributed by atoms with Gasteiger partial charge in [-0.1, -0.05) is 77.3 Å². The van der Waals surface area contributed by atoms with Crippen LogP contribution < -0.4 is 0 Å². The minimum absolute atomic E-state index is 0.928. The highest BCUT2D eigenvalue weighted by molar-refractivity contribution is 8.03. The fourth-order valence-corrected chi connectivity index (χ4v) is 3.48. The molecule has 0 unspecified atom stereocenters. The number of rotatable bonds is 5. The molecular weight excluding hydrogens is 268 g/mol. The van der Waals surface area contributed by atoms with Crippen LogP contribution in [0, 0.1) is 0 Å². The molecule has 0 saturated heterocycles. The molecule has 88 valence electrons. The van der Waals surface area contributed by atoms with Gasteiger partial charge in [0, 0.05) is 5.75 Å². The summed E-state index contributed by atoms with van der Waals surface area (Å²) in [5, 5.41) is 8.17. The quantitative estimate of drug-likeness (QED) is 0.771. The molecule has 0 amide bonds. The molecule has 0 aliphatic rings. The van der Waals surface area contributed by atoms with E-state index in [9.17, 15) is 0 Å². The zero-order valence-electron chi connectivity index (χ0n) is 9.37. The van der Waals surface area contributed by atoms with Crippen LogP contribution in [0.15, 0.2) is 45.1 Å². The summed E-state index contributed by atoms with van der Waals surface area (Å²) in [7, 11) is 0. The first-order valence-electron chi connectivity index (χ1n) is 5.10. The molecule has 0 saturated carbocycles. The SMILES string of the molecule is CSc1nnc(SCC=Cc2ccccc2)s1. The Bertz CT molecular complexity index is 480. The van der Waals surface area contributed by atoms with E-state index in [0.717, 1.165) is 14.4 Å². The number of aromatic nitrogens is 2. The van der Waals surface area contributed by atoms with Crippen LogP contribution in [0.4, 0.5) is 0 Å². The lowest BCUT2D eigenvalue weighted by Gasteiger charge is -1.91. The molecule has 1 heterocycles. The summed E-state index contributed by atoms with van der Waals surface area (Å²) in [5.74, 6) is 0.928. The van der Waals surface area contributed by atoms with Crippen LogP contribution in [-0.2, 0) is 0 Å². The highest BCUT2D eigenvalue weighted by atomic mass is 32.2. The third-order valence-electron chi connectivity index (χ3n) is 1.98. The van der Waals surface area contributed by atoms with E-state index in [4.69, 9.17) is 0 Å². The lowest BCUT2D eigenvalue weighted by Crippen LogP contribution is -1.74. The average molecular weight is 280 g/mol.